The summed E-state index contributed by atoms with van der Waals surface area (Å²) in [4.78, 5) is 16.7. The molecule has 96 heavy (non-hydrogen) atoms. The summed E-state index contributed by atoms with van der Waals surface area (Å²) in [5.41, 5.74) is 22.5. The van der Waals surface area contributed by atoms with Gasteiger partial charge in [0, 0.05) is 20.2 Å². The largest absolute Gasteiger partial charge is 0.464 e. The van der Waals surface area contributed by atoms with Gasteiger partial charge in [0.25, 0.3) is 0 Å². The molecule has 0 fully saturated rings. The second-order valence-electron chi connectivity index (χ2n) is 26.4. The van der Waals surface area contributed by atoms with Crippen molar-refractivity contribution in [2.45, 2.75) is 158 Å². The number of hydrogen-bond acceptors (Lipinski definition) is 12. The van der Waals surface area contributed by atoms with Gasteiger partial charge >= 0.3 is 0 Å². The molecule has 0 bridgehead atoms. The van der Waals surface area contributed by atoms with E-state index in [2.05, 4.69) is 275 Å². The molecule has 12 heteroatoms. The fourth-order valence-corrected chi connectivity index (χ4v) is 13.3. The highest BCUT2D eigenvalue weighted by atomic mass is 32.1. The van der Waals surface area contributed by atoms with Crippen LogP contribution in [-0.4, -0.2) is 19.9 Å². The third-order valence-corrected chi connectivity index (χ3v) is 20.0. The number of furan rings is 2. The Bertz CT molecular complexity index is 4040. The third kappa shape index (κ3) is 19.8. The van der Waals surface area contributed by atoms with Crippen molar-refractivity contribution in [2.24, 2.45) is 0 Å². The summed E-state index contributed by atoms with van der Waals surface area (Å²) in [6, 6.07) is 59.8. The molecule has 0 N–H and O–H groups in total. The van der Waals surface area contributed by atoms with Crippen LogP contribution in [0, 0.1) is 0 Å². The molecule has 0 saturated heterocycles. The third-order valence-electron chi connectivity index (χ3n) is 16.7. The van der Waals surface area contributed by atoms with Crippen LogP contribution in [0.5, 0.6) is 0 Å². The smallest absolute Gasteiger partial charge is 0.181 e. The van der Waals surface area contributed by atoms with E-state index >= 15 is 0 Å². The number of thiophene rings is 2. The summed E-state index contributed by atoms with van der Waals surface area (Å²) >= 11 is 7.03. The van der Waals surface area contributed by atoms with Crippen LogP contribution in [0.3, 0.4) is 0 Å². The van der Waals surface area contributed by atoms with Crippen molar-refractivity contribution in [1.82, 2.24) is 19.9 Å². The molecule has 0 aliphatic carbocycles. The zero-order chi connectivity index (χ0) is 68.4. The second-order valence-corrected chi connectivity index (χ2v) is 30.1. The van der Waals surface area contributed by atoms with Crippen LogP contribution in [0.15, 0.2) is 235 Å². The highest BCUT2D eigenvalue weighted by molar-refractivity contribution is 7.17. The van der Waals surface area contributed by atoms with Gasteiger partial charge in [0.15, 0.2) is 24.0 Å². The first-order chi connectivity index (χ1) is 46.2. The Labute approximate surface area is 583 Å². The quantitative estimate of drug-likeness (QED) is 0.148. The Morgan fingerprint density at radius 3 is 1.27 bits per heavy atom. The first-order valence-corrected chi connectivity index (χ1v) is 36.9. The van der Waals surface area contributed by atoms with Gasteiger partial charge in [0.2, 0.25) is 0 Å². The second kappa shape index (κ2) is 34.4. The Kier molecular flexibility index (Phi) is 25.7. The number of rotatable bonds is 8. The molecule has 496 valence electrons. The topological polar surface area (TPSA) is 104 Å². The van der Waals surface area contributed by atoms with Gasteiger partial charge in [-0.1, -0.05) is 178 Å². The first-order valence-electron chi connectivity index (χ1n) is 33.4. The zero-order valence-corrected chi connectivity index (χ0v) is 61.7. The molecule has 0 aliphatic heterocycles. The highest BCUT2D eigenvalue weighted by Gasteiger charge is 2.09. The number of thiazole rings is 2. The number of nitrogens with zero attached hydrogens (tertiary/aromatic N) is 4. The predicted molar refractivity (Wildman–Crippen MR) is 416 cm³/mol. The van der Waals surface area contributed by atoms with E-state index in [1.54, 1.807) is 35.2 Å². The van der Waals surface area contributed by atoms with E-state index in [-0.39, 0.29) is 0 Å². The van der Waals surface area contributed by atoms with E-state index in [9.17, 15) is 0 Å². The van der Waals surface area contributed by atoms with Crippen LogP contribution < -0.4 is 0 Å². The van der Waals surface area contributed by atoms with Crippen LogP contribution >= 0.6 is 45.3 Å². The van der Waals surface area contributed by atoms with Crippen LogP contribution in [0.25, 0.3) is 84.7 Å². The van der Waals surface area contributed by atoms with Gasteiger partial charge in [-0.25, -0.2) is 19.9 Å². The average Bonchev–Trinajstić information content (AvgIpc) is 2.37. The van der Waals surface area contributed by atoms with Gasteiger partial charge in [-0.3, -0.25) is 0 Å². The number of aromatic nitrogens is 4. The fraction of sp³-hybridized carbons (Fsp3) is 0.286. The van der Waals surface area contributed by atoms with Crippen molar-refractivity contribution >= 4 is 130 Å². The predicted octanol–water partition coefficient (Wildman–Crippen LogP) is 27.9. The van der Waals surface area contributed by atoms with Gasteiger partial charge in [-0.15, -0.1) is 45.3 Å². The molecule has 8 heterocycles. The van der Waals surface area contributed by atoms with E-state index in [0.717, 1.165) is 44.4 Å². The Morgan fingerprint density at radius 2 is 0.646 bits per heavy atom. The van der Waals surface area contributed by atoms with Crippen molar-refractivity contribution in [3.05, 3.63) is 261 Å². The highest BCUT2D eigenvalue weighted by Crippen LogP contribution is 2.30. The number of benzene rings is 8. The normalized spacial score (nSPS) is 11.2. The Morgan fingerprint density at radius 1 is 0.240 bits per heavy atom. The van der Waals surface area contributed by atoms with E-state index in [1.807, 2.05) is 70.1 Å². The summed E-state index contributed by atoms with van der Waals surface area (Å²) < 4.78 is 26.3. The molecule has 0 saturated carbocycles. The van der Waals surface area contributed by atoms with Gasteiger partial charge < -0.3 is 17.7 Å². The van der Waals surface area contributed by atoms with E-state index in [4.69, 9.17) is 17.7 Å². The Balaban J connectivity index is 0.000000129. The maximum atomic E-state index is 5.31. The summed E-state index contributed by atoms with van der Waals surface area (Å²) in [5.74, 6) is 4.72. The molecule has 16 rings (SSSR count). The van der Waals surface area contributed by atoms with Crippen LogP contribution in [0.2, 0.25) is 0 Å². The van der Waals surface area contributed by atoms with Crippen molar-refractivity contribution in [3.63, 3.8) is 0 Å². The van der Waals surface area contributed by atoms with Crippen molar-refractivity contribution in [2.75, 3.05) is 0 Å². The minimum absolute atomic E-state index is 0.541. The standard InChI is InChI=1S/2C11H12O.2C11H12S.2C10H11NO.2C10H11NS/c1-8(2)9-3-4-11-10(7-9)5-6-12-11;1-8(2)10-4-3-9-5-6-12-11(9)7-10;1-8(2)9-3-4-11-10(7-9)5-6-12-11;1-8(2)10-4-3-9-5-6-12-11(9)7-10;1-7(2)8-3-4-10-9(5-8)11-6-12-10;1-7(2)8-3-4-9-10(5-8)12-6-11-9;1-7(2)8-3-4-10-9(5-8)11-6-12-10;1-7(2)8-3-4-9-10(5-8)12-6-11-9/h4*3-8H,1-2H3;4*3-7H,1-2H3. The molecule has 0 aliphatic rings. The zero-order valence-electron chi connectivity index (χ0n) is 58.5. The lowest BCUT2D eigenvalue weighted by Crippen LogP contribution is -1.85. The average molecular weight is 1350 g/mol. The number of fused-ring (bicyclic) bond motifs is 8. The maximum Gasteiger partial charge on any atom is 0.181 e. The lowest BCUT2D eigenvalue weighted by molar-refractivity contribution is 0.601. The fourth-order valence-electron chi connectivity index (χ4n) is 10.3. The van der Waals surface area contributed by atoms with Crippen molar-refractivity contribution < 1.29 is 17.7 Å². The van der Waals surface area contributed by atoms with Crippen molar-refractivity contribution in [1.29, 1.82) is 0 Å². The lowest BCUT2D eigenvalue weighted by Gasteiger charge is -2.03. The van der Waals surface area contributed by atoms with Gasteiger partial charge in [-0.2, -0.15) is 0 Å². The molecule has 8 aromatic heterocycles. The molecule has 0 radical (unpaired) electrons. The first kappa shape index (κ1) is 71.8. The Hall–Kier alpha value is -8.52. The summed E-state index contributed by atoms with van der Waals surface area (Å²) in [5, 5.41) is 9.42. The minimum Gasteiger partial charge on any atom is -0.464 e. The summed E-state index contributed by atoms with van der Waals surface area (Å²) in [6.45, 7) is 35.2. The summed E-state index contributed by atoms with van der Waals surface area (Å²) in [7, 11) is 0. The van der Waals surface area contributed by atoms with Gasteiger partial charge in [-0.05, 0) is 217 Å². The minimum atomic E-state index is 0.541. The van der Waals surface area contributed by atoms with Crippen LogP contribution in [0.4, 0.5) is 0 Å². The SMILES string of the molecule is CC(C)c1ccc2ccoc2c1.CC(C)c1ccc2ccsc2c1.CC(C)c1ccc2ncoc2c1.CC(C)c1ccc2ncsc2c1.CC(C)c1ccc2occc2c1.CC(C)c1ccc2ocnc2c1.CC(C)c1ccc2sccc2c1.CC(C)c1ccc2scnc2c1. The monoisotopic (exact) mass is 1350 g/mol. The molecule has 8 aromatic carbocycles. The summed E-state index contributed by atoms with van der Waals surface area (Å²) in [6.07, 6.45) is 6.42. The van der Waals surface area contributed by atoms with Crippen molar-refractivity contribution in [3.8, 4) is 0 Å². The van der Waals surface area contributed by atoms with E-state index in [1.165, 1.54) is 97.6 Å². The molecular formula is C84H92N4O4S4. The number of hydrogen-bond donors (Lipinski definition) is 0. The molecule has 0 amide bonds. The molecule has 0 unspecified atom stereocenters. The van der Waals surface area contributed by atoms with E-state index < -0.39 is 0 Å². The number of oxazole rings is 2. The lowest BCUT2D eigenvalue weighted by atomic mass is 10.0. The van der Waals surface area contributed by atoms with E-state index in [0.29, 0.717) is 47.3 Å². The van der Waals surface area contributed by atoms with Gasteiger partial charge in [0.1, 0.15) is 22.2 Å². The molecular weight excluding hydrogens is 1260 g/mol. The van der Waals surface area contributed by atoms with Crippen LogP contribution in [0.1, 0.15) is 203 Å². The van der Waals surface area contributed by atoms with Crippen LogP contribution in [-0.2, 0) is 0 Å². The maximum absolute atomic E-state index is 5.31. The molecule has 0 spiro atoms. The van der Waals surface area contributed by atoms with Gasteiger partial charge in [0.05, 0.1) is 44.0 Å². The molecule has 0 atom stereocenters. The molecule has 8 nitrogen and oxygen atoms in total. The molecule has 16 aromatic rings.